The van der Waals surface area contributed by atoms with Gasteiger partial charge in [0.2, 0.25) is 0 Å². The Balaban J connectivity index is 1.12. The largest absolute Gasteiger partial charge is 0.371 e. The zero-order valence-electron chi connectivity index (χ0n) is 24.8. The second kappa shape index (κ2) is 11.9. The average molecular weight is 585 g/mol. The maximum atomic E-state index is 14.7. The molecule has 1 aromatic carbocycles. The Bertz CT molecular complexity index is 1640. The van der Waals surface area contributed by atoms with E-state index >= 15 is 0 Å². The van der Waals surface area contributed by atoms with Crippen molar-refractivity contribution in [2.75, 3.05) is 44.7 Å². The second-order valence-corrected chi connectivity index (χ2v) is 12.1. The number of imidazole rings is 1. The molecular weight excluding hydrogens is 547 g/mol. The summed E-state index contributed by atoms with van der Waals surface area (Å²) < 4.78 is 22.4. The summed E-state index contributed by atoms with van der Waals surface area (Å²) in [5, 5.41) is 2.88. The maximum Gasteiger partial charge on any atom is 0.251 e. The van der Waals surface area contributed by atoms with Gasteiger partial charge in [-0.1, -0.05) is 0 Å². The number of Topliss-reactive ketones (excluding diaryl/α,β-unsaturated/α-hetero) is 1. The summed E-state index contributed by atoms with van der Waals surface area (Å²) in [6.45, 7) is 8.39. The quantitative estimate of drug-likeness (QED) is 0.307. The first-order chi connectivity index (χ1) is 20.6. The van der Waals surface area contributed by atoms with Crippen LogP contribution in [0.3, 0.4) is 0 Å². The summed E-state index contributed by atoms with van der Waals surface area (Å²) in [5.41, 5.74) is 3.12. The number of hydrogen-bond donors (Lipinski definition) is 1. The SMILES string of the molecule is CN1CCN(c2ccc(-c3ccn4c(C(=O)Cc5cc(C(=O)NCC6CCC(C)(C)O6)ccc5F)cnc4c3)cn2)CC1. The molecule has 4 aromatic rings. The van der Waals surface area contributed by atoms with E-state index in [1.165, 1.54) is 24.4 Å². The molecule has 1 atom stereocenters. The zero-order chi connectivity index (χ0) is 30.1. The summed E-state index contributed by atoms with van der Waals surface area (Å²) in [5.74, 6) is -0.187. The van der Waals surface area contributed by atoms with Gasteiger partial charge in [0.25, 0.3) is 5.91 Å². The zero-order valence-corrected chi connectivity index (χ0v) is 24.8. The standard InChI is InChI=1S/C33H37FN6O3/c1-33(2)10-8-26(43-33)20-37-32(42)23-4-6-27(34)25(16-23)17-29(41)28-21-36-31-18-22(9-11-40(28)31)24-5-7-30(35-19-24)39-14-12-38(3)13-15-39/h4-7,9,11,16,18-19,21,26H,8,10,12-15,17,20H2,1-3H3,(H,37,42). The maximum absolute atomic E-state index is 14.7. The van der Waals surface area contributed by atoms with E-state index < -0.39 is 5.82 Å². The molecule has 2 aliphatic heterocycles. The molecule has 0 radical (unpaired) electrons. The molecule has 1 unspecified atom stereocenters. The number of fused-ring (bicyclic) bond motifs is 1. The van der Waals surface area contributed by atoms with Crippen LogP contribution in [0.5, 0.6) is 0 Å². The third-order valence-corrected chi connectivity index (χ3v) is 8.41. The Kier molecular flexibility index (Phi) is 7.98. The number of benzene rings is 1. The Morgan fingerprint density at radius 2 is 1.84 bits per heavy atom. The number of piperazine rings is 1. The third-order valence-electron chi connectivity index (χ3n) is 8.41. The minimum absolute atomic E-state index is 0.0474. The van der Waals surface area contributed by atoms with Gasteiger partial charge in [-0.15, -0.1) is 0 Å². The second-order valence-electron chi connectivity index (χ2n) is 12.1. The number of hydrogen-bond acceptors (Lipinski definition) is 7. The number of pyridine rings is 2. The van der Waals surface area contributed by atoms with Crippen LogP contribution in [-0.4, -0.2) is 82.4 Å². The van der Waals surface area contributed by atoms with Crippen LogP contribution in [-0.2, 0) is 11.2 Å². The number of carbonyl (C=O) groups is 2. The van der Waals surface area contributed by atoms with Gasteiger partial charge in [-0.25, -0.2) is 14.4 Å². The predicted molar refractivity (Wildman–Crippen MR) is 163 cm³/mol. The van der Waals surface area contributed by atoms with E-state index in [2.05, 4.69) is 38.2 Å². The van der Waals surface area contributed by atoms with Gasteiger partial charge in [-0.2, -0.15) is 0 Å². The summed E-state index contributed by atoms with van der Waals surface area (Å²) in [6, 6.07) is 12.0. The molecule has 0 aliphatic carbocycles. The van der Waals surface area contributed by atoms with E-state index in [0.29, 0.717) is 23.4 Å². The van der Waals surface area contributed by atoms with Gasteiger partial charge in [0, 0.05) is 62.7 Å². The fourth-order valence-corrected chi connectivity index (χ4v) is 5.79. The molecule has 224 valence electrons. The molecule has 0 saturated carbocycles. The molecule has 2 saturated heterocycles. The molecular formula is C33H37FN6O3. The van der Waals surface area contributed by atoms with Gasteiger partial charge in [-0.05, 0) is 87.3 Å². The molecule has 6 rings (SSSR count). The van der Waals surface area contributed by atoms with Gasteiger partial charge < -0.3 is 19.9 Å². The molecule has 0 spiro atoms. The molecule has 2 fully saturated rings. The van der Waals surface area contributed by atoms with Crippen molar-refractivity contribution in [3.8, 4) is 11.1 Å². The number of halogens is 1. The first-order valence-electron chi connectivity index (χ1n) is 14.8. The van der Waals surface area contributed by atoms with Crippen molar-refractivity contribution < 1.29 is 18.7 Å². The number of nitrogens with one attached hydrogen (secondary N) is 1. The van der Waals surface area contributed by atoms with Crippen molar-refractivity contribution in [2.24, 2.45) is 0 Å². The van der Waals surface area contributed by atoms with E-state index in [4.69, 9.17) is 4.74 Å². The number of aromatic nitrogens is 3. The van der Waals surface area contributed by atoms with Crippen molar-refractivity contribution in [1.82, 2.24) is 24.6 Å². The summed E-state index contributed by atoms with van der Waals surface area (Å²) in [7, 11) is 2.13. The summed E-state index contributed by atoms with van der Waals surface area (Å²) >= 11 is 0. The number of ether oxygens (including phenoxy) is 1. The van der Waals surface area contributed by atoms with E-state index in [9.17, 15) is 14.0 Å². The van der Waals surface area contributed by atoms with Crippen LogP contribution in [0.25, 0.3) is 16.8 Å². The fraction of sp³-hybridized carbons (Fsp3) is 0.394. The number of nitrogens with zero attached hydrogens (tertiary/aromatic N) is 5. The minimum atomic E-state index is -0.533. The number of likely N-dealkylation sites (N-methyl/N-ethyl adjacent to an activating group) is 1. The van der Waals surface area contributed by atoms with Gasteiger partial charge in [-0.3, -0.25) is 14.0 Å². The summed E-state index contributed by atoms with van der Waals surface area (Å²) in [6.07, 6.45) is 6.73. The highest BCUT2D eigenvalue weighted by atomic mass is 19.1. The lowest BCUT2D eigenvalue weighted by molar-refractivity contribution is -0.0138. The summed E-state index contributed by atoms with van der Waals surface area (Å²) in [4.78, 5) is 39.8. The number of rotatable bonds is 8. The molecule has 5 heterocycles. The van der Waals surface area contributed by atoms with Crippen LogP contribution in [0.4, 0.5) is 10.2 Å². The van der Waals surface area contributed by atoms with Crippen molar-refractivity contribution in [3.05, 3.63) is 83.7 Å². The number of carbonyl (C=O) groups excluding carboxylic acids is 2. The molecule has 0 bridgehead atoms. The van der Waals surface area contributed by atoms with Crippen molar-refractivity contribution in [2.45, 2.75) is 44.8 Å². The predicted octanol–water partition coefficient (Wildman–Crippen LogP) is 4.40. The third kappa shape index (κ3) is 6.45. The molecule has 1 N–H and O–H groups in total. The first-order valence-corrected chi connectivity index (χ1v) is 14.8. The highest BCUT2D eigenvalue weighted by Gasteiger charge is 2.31. The normalized spacial score (nSPS) is 18.7. The van der Waals surface area contributed by atoms with Gasteiger partial charge >= 0.3 is 0 Å². The minimum Gasteiger partial charge on any atom is -0.371 e. The smallest absolute Gasteiger partial charge is 0.251 e. The number of ketones is 1. The first kappa shape index (κ1) is 28.9. The van der Waals surface area contributed by atoms with Crippen LogP contribution >= 0.6 is 0 Å². The highest BCUT2D eigenvalue weighted by molar-refractivity contribution is 5.98. The fourth-order valence-electron chi connectivity index (χ4n) is 5.79. The average Bonchev–Trinajstić information content (AvgIpc) is 3.59. The Hall–Kier alpha value is -4.15. The number of anilines is 1. The lowest BCUT2D eigenvalue weighted by Crippen LogP contribution is -2.44. The van der Waals surface area contributed by atoms with Gasteiger partial charge in [0.15, 0.2) is 5.78 Å². The monoisotopic (exact) mass is 584 g/mol. The Labute approximate surface area is 250 Å². The van der Waals surface area contributed by atoms with Crippen LogP contribution in [0, 0.1) is 5.82 Å². The molecule has 43 heavy (non-hydrogen) atoms. The van der Waals surface area contributed by atoms with Crippen molar-refractivity contribution >= 4 is 23.2 Å². The lowest BCUT2D eigenvalue weighted by Gasteiger charge is -2.33. The topological polar surface area (TPSA) is 92.1 Å². The van der Waals surface area contributed by atoms with Crippen molar-refractivity contribution in [3.63, 3.8) is 0 Å². The molecule has 10 heteroatoms. The number of amides is 1. The van der Waals surface area contributed by atoms with Crippen molar-refractivity contribution in [1.29, 1.82) is 0 Å². The van der Waals surface area contributed by atoms with Crippen LogP contribution < -0.4 is 10.2 Å². The van der Waals surface area contributed by atoms with E-state index in [-0.39, 0.29) is 35.4 Å². The van der Waals surface area contributed by atoms with Crippen LogP contribution in [0.1, 0.15) is 53.1 Å². The van der Waals surface area contributed by atoms with Crippen LogP contribution in [0.2, 0.25) is 0 Å². The molecule has 3 aromatic heterocycles. The van der Waals surface area contributed by atoms with E-state index in [1.54, 1.807) is 10.6 Å². The Morgan fingerprint density at radius 1 is 1.02 bits per heavy atom. The molecule has 1 amide bonds. The Morgan fingerprint density at radius 3 is 2.56 bits per heavy atom. The lowest BCUT2D eigenvalue weighted by atomic mass is 10.0. The molecule has 9 nitrogen and oxygen atoms in total. The van der Waals surface area contributed by atoms with Gasteiger partial charge in [0.05, 0.1) is 17.9 Å². The van der Waals surface area contributed by atoms with Crippen LogP contribution in [0.15, 0.2) is 61.1 Å². The molecule has 2 aliphatic rings. The van der Waals surface area contributed by atoms with E-state index in [0.717, 1.165) is 56.0 Å². The van der Waals surface area contributed by atoms with Gasteiger partial charge in [0.1, 0.15) is 23.0 Å². The highest BCUT2D eigenvalue weighted by Crippen LogP contribution is 2.29. The van der Waals surface area contributed by atoms with E-state index in [1.807, 2.05) is 38.2 Å².